The fraction of sp³-hybridized carbons (Fsp3) is 0.533. The SMILES string of the molecule is CCCC(C)(CN(C)c1ccccc1C)C(=O)O. The first-order chi connectivity index (χ1) is 8.40. The van der Waals surface area contributed by atoms with Crippen molar-refractivity contribution < 1.29 is 9.90 Å². The standard InChI is InChI=1S/C15H23NO2/c1-5-10-15(3,14(17)18)11-16(4)13-9-7-6-8-12(13)2/h6-9H,5,10-11H2,1-4H3,(H,17,18). The molecule has 0 radical (unpaired) electrons. The van der Waals surface area contributed by atoms with Gasteiger partial charge in [-0.3, -0.25) is 4.79 Å². The van der Waals surface area contributed by atoms with Gasteiger partial charge in [0.2, 0.25) is 0 Å². The van der Waals surface area contributed by atoms with Gasteiger partial charge >= 0.3 is 5.97 Å². The van der Waals surface area contributed by atoms with E-state index in [4.69, 9.17) is 0 Å². The molecule has 0 aliphatic rings. The van der Waals surface area contributed by atoms with Crippen LogP contribution in [0.5, 0.6) is 0 Å². The molecule has 0 amide bonds. The van der Waals surface area contributed by atoms with Gasteiger partial charge in [-0.2, -0.15) is 0 Å². The Kier molecular flexibility index (Phi) is 4.76. The van der Waals surface area contributed by atoms with E-state index >= 15 is 0 Å². The van der Waals surface area contributed by atoms with Gasteiger partial charge in [0, 0.05) is 19.3 Å². The van der Waals surface area contributed by atoms with Crippen molar-refractivity contribution in [3.63, 3.8) is 0 Å². The fourth-order valence-electron chi connectivity index (χ4n) is 2.41. The number of rotatable bonds is 6. The molecular formula is C15H23NO2. The van der Waals surface area contributed by atoms with Gasteiger partial charge in [0.1, 0.15) is 0 Å². The molecular weight excluding hydrogens is 226 g/mol. The second kappa shape index (κ2) is 5.89. The monoisotopic (exact) mass is 249 g/mol. The summed E-state index contributed by atoms with van der Waals surface area (Å²) in [5.74, 6) is -0.718. The summed E-state index contributed by atoms with van der Waals surface area (Å²) in [4.78, 5) is 13.5. The zero-order valence-electron chi connectivity index (χ0n) is 11.7. The second-order valence-electron chi connectivity index (χ2n) is 5.26. The van der Waals surface area contributed by atoms with E-state index in [2.05, 4.69) is 0 Å². The molecule has 18 heavy (non-hydrogen) atoms. The van der Waals surface area contributed by atoms with Gasteiger partial charge < -0.3 is 10.0 Å². The maximum absolute atomic E-state index is 11.4. The Morgan fingerprint density at radius 2 is 2.00 bits per heavy atom. The first-order valence-corrected chi connectivity index (χ1v) is 6.41. The van der Waals surface area contributed by atoms with Crippen molar-refractivity contribution in [2.75, 3.05) is 18.5 Å². The fourth-order valence-corrected chi connectivity index (χ4v) is 2.41. The highest BCUT2D eigenvalue weighted by molar-refractivity contribution is 5.75. The Labute approximate surface area is 109 Å². The number of nitrogens with zero attached hydrogens (tertiary/aromatic N) is 1. The van der Waals surface area contributed by atoms with Gasteiger partial charge in [0.15, 0.2) is 0 Å². The molecule has 0 aliphatic carbocycles. The number of aryl methyl sites for hydroxylation is 1. The van der Waals surface area contributed by atoms with Crippen LogP contribution in [0.1, 0.15) is 32.3 Å². The minimum Gasteiger partial charge on any atom is -0.481 e. The average Bonchev–Trinajstić information content (AvgIpc) is 2.29. The van der Waals surface area contributed by atoms with Gasteiger partial charge in [-0.25, -0.2) is 0 Å². The van der Waals surface area contributed by atoms with Crippen molar-refractivity contribution >= 4 is 11.7 Å². The number of hydrogen-bond donors (Lipinski definition) is 1. The van der Waals surface area contributed by atoms with E-state index in [0.29, 0.717) is 13.0 Å². The number of carbonyl (C=O) groups is 1. The van der Waals surface area contributed by atoms with Crippen molar-refractivity contribution in [2.24, 2.45) is 5.41 Å². The topological polar surface area (TPSA) is 40.5 Å². The molecule has 3 heteroatoms. The zero-order valence-corrected chi connectivity index (χ0v) is 11.7. The van der Waals surface area contributed by atoms with Crippen LogP contribution in [0.3, 0.4) is 0 Å². The highest BCUT2D eigenvalue weighted by Gasteiger charge is 2.33. The van der Waals surface area contributed by atoms with Crippen LogP contribution >= 0.6 is 0 Å². The predicted octanol–water partition coefficient (Wildman–Crippen LogP) is 3.32. The molecule has 0 heterocycles. The van der Waals surface area contributed by atoms with Gasteiger partial charge in [0.25, 0.3) is 0 Å². The summed E-state index contributed by atoms with van der Waals surface area (Å²) in [7, 11) is 1.96. The summed E-state index contributed by atoms with van der Waals surface area (Å²) in [6.07, 6.45) is 1.57. The number of para-hydroxylation sites is 1. The van der Waals surface area contributed by atoms with E-state index in [9.17, 15) is 9.90 Å². The number of hydrogen-bond acceptors (Lipinski definition) is 2. The van der Waals surface area contributed by atoms with Crippen molar-refractivity contribution in [1.29, 1.82) is 0 Å². The minimum atomic E-state index is -0.718. The molecule has 0 bridgehead atoms. The van der Waals surface area contributed by atoms with E-state index in [0.717, 1.165) is 12.1 Å². The van der Waals surface area contributed by atoms with Crippen LogP contribution in [0.4, 0.5) is 5.69 Å². The molecule has 1 aromatic carbocycles. The lowest BCUT2D eigenvalue weighted by molar-refractivity contribution is -0.147. The number of carboxylic acid groups (broad SMARTS) is 1. The lowest BCUT2D eigenvalue weighted by Crippen LogP contribution is -2.39. The van der Waals surface area contributed by atoms with Gasteiger partial charge in [0.05, 0.1) is 5.41 Å². The molecule has 0 spiro atoms. The third-order valence-electron chi connectivity index (χ3n) is 3.43. The van der Waals surface area contributed by atoms with Crippen molar-refractivity contribution in [3.8, 4) is 0 Å². The lowest BCUT2D eigenvalue weighted by atomic mass is 9.85. The Morgan fingerprint density at radius 1 is 1.39 bits per heavy atom. The maximum atomic E-state index is 11.4. The molecule has 3 nitrogen and oxygen atoms in total. The van der Waals surface area contributed by atoms with Crippen LogP contribution < -0.4 is 4.90 Å². The molecule has 1 aromatic rings. The van der Waals surface area contributed by atoms with E-state index in [1.807, 2.05) is 57.0 Å². The highest BCUT2D eigenvalue weighted by atomic mass is 16.4. The molecule has 1 atom stereocenters. The largest absolute Gasteiger partial charge is 0.481 e. The molecule has 0 saturated heterocycles. The van der Waals surface area contributed by atoms with Gasteiger partial charge in [-0.15, -0.1) is 0 Å². The van der Waals surface area contributed by atoms with Crippen LogP contribution in [-0.2, 0) is 4.79 Å². The van der Waals surface area contributed by atoms with Gasteiger partial charge in [-0.1, -0.05) is 31.5 Å². The summed E-state index contributed by atoms with van der Waals surface area (Å²) < 4.78 is 0. The van der Waals surface area contributed by atoms with E-state index in [1.165, 1.54) is 5.56 Å². The summed E-state index contributed by atoms with van der Waals surface area (Å²) in [5, 5.41) is 9.40. The molecule has 1 rings (SSSR count). The first kappa shape index (κ1) is 14.6. The van der Waals surface area contributed by atoms with E-state index in [1.54, 1.807) is 0 Å². The molecule has 1 N–H and O–H groups in total. The molecule has 0 saturated carbocycles. The first-order valence-electron chi connectivity index (χ1n) is 6.41. The normalized spacial score (nSPS) is 14.0. The average molecular weight is 249 g/mol. The number of carboxylic acids is 1. The minimum absolute atomic E-state index is 0.529. The summed E-state index contributed by atoms with van der Waals surface area (Å²) >= 11 is 0. The molecule has 0 fully saturated rings. The number of aliphatic carboxylic acids is 1. The number of anilines is 1. The summed E-state index contributed by atoms with van der Waals surface area (Å²) in [6, 6.07) is 8.05. The second-order valence-corrected chi connectivity index (χ2v) is 5.26. The van der Waals surface area contributed by atoms with Gasteiger partial charge in [-0.05, 0) is 31.9 Å². The van der Waals surface area contributed by atoms with Crippen LogP contribution in [0.2, 0.25) is 0 Å². The Hall–Kier alpha value is -1.51. The predicted molar refractivity (Wildman–Crippen MR) is 75.1 cm³/mol. The van der Waals surface area contributed by atoms with Crippen molar-refractivity contribution in [1.82, 2.24) is 0 Å². The van der Waals surface area contributed by atoms with Crippen LogP contribution in [-0.4, -0.2) is 24.7 Å². The Bertz CT molecular complexity index is 417. The Balaban J connectivity index is 2.89. The summed E-state index contributed by atoms with van der Waals surface area (Å²) in [5.41, 5.74) is 1.58. The van der Waals surface area contributed by atoms with Crippen molar-refractivity contribution in [3.05, 3.63) is 29.8 Å². The van der Waals surface area contributed by atoms with E-state index < -0.39 is 11.4 Å². The maximum Gasteiger partial charge on any atom is 0.311 e. The zero-order chi connectivity index (χ0) is 13.8. The smallest absolute Gasteiger partial charge is 0.311 e. The quantitative estimate of drug-likeness (QED) is 0.840. The third kappa shape index (κ3) is 3.25. The molecule has 0 aromatic heterocycles. The van der Waals surface area contributed by atoms with Crippen LogP contribution in [0.25, 0.3) is 0 Å². The van der Waals surface area contributed by atoms with Crippen LogP contribution in [0.15, 0.2) is 24.3 Å². The van der Waals surface area contributed by atoms with Crippen molar-refractivity contribution in [2.45, 2.75) is 33.6 Å². The third-order valence-corrected chi connectivity index (χ3v) is 3.43. The summed E-state index contributed by atoms with van der Waals surface area (Å²) in [6.45, 7) is 6.42. The Morgan fingerprint density at radius 3 is 2.50 bits per heavy atom. The molecule has 100 valence electrons. The molecule has 1 unspecified atom stereocenters. The van der Waals surface area contributed by atoms with E-state index in [-0.39, 0.29) is 0 Å². The number of benzene rings is 1. The lowest BCUT2D eigenvalue weighted by Gasteiger charge is -2.32. The van der Waals surface area contributed by atoms with Crippen LogP contribution in [0, 0.1) is 12.3 Å². The highest BCUT2D eigenvalue weighted by Crippen LogP contribution is 2.28. The molecule has 0 aliphatic heterocycles.